The number of thiazole rings is 1. The molecule has 1 amide bonds. The van der Waals surface area contributed by atoms with Crippen LogP contribution in [0.4, 0.5) is 0 Å². The molecule has 1 atom stereocenters. The SMILES string of the molecule is C=CCCC(NC(=O)c1sc(-c2cnn(C)c2)nc1C)C(=O)O. The van der Waals surface area contributed by atoms with Crippen molar-refractivity contribution in [1.29, 1.82) is 0 Å². The molecule has 23 heavy (non-hydrogen) atoms. The molecule has 122 valence electrons. The minimum atomic E-state index is -1.06. The second kappa shape index (κ2) is 7.19. The fourth-order valence-corrected chi connectivity index (χ4v) is 2.97. The Morgan fingerprint density at radius 3 is 2.87 bits per heavy atom. The van der Waals surface area contributed by atoms with E-state index in [4.69, 9.17) is 0 Å². The molecular formula is C15H18N4O3S. The van der Waals surface area contributed by atoms with E-state index in [9.17, 15) is 14.7 Å². The maximum atomic E-state index is 12.3. The van der Waals surface area contributed by atoms with E-state index in [1.165, 1.54) is 11.3 Å². The van der Waals surface area contributed by atoms with Gasteiger partial charge in [0.05, 0.1) is 11.9 Å². The Kier molecular flexibility index (Phi) is 5.28. The minimum Gasteiger partial charge on any atom is -0.480 e. The summed E-state index contributed by atoms with van der Waals surface area (Å²) in [7, 11) is 1.80. The Labute approximate surface area is 137 Å². The summed E-state index contributed by atoms with van der Waals surface area (Å²) in [5.74, 6) is -1.48. The van der Waals surface area contributed by atoms with Gasteiger partial charge >= 0.3 is 5.97 Å². The molecule has 1 unspecified atom stereocenters. The highest BCUT2D eigenvalue weighted by molar-refractivity contribution is 7.17. The van der Waals surface area contributed by atoms with Crippen molar-refractivity contribution < 1.29 is 14.7 Å². The number of carboxylic acid groups (broad SMARTS) is 1. The van der Waals surface area contributed by atoms with E-state index in [1.807, 2.05) is 6.20 Å². The molecule has 0 aliphatic heterocycles. The predicted molar refractivity (Wildman–Crippen MR) is 87.4 cm³/mol. The quantitative estimate of drug-likeness (QED) is 0.755. The lowest BCUT2D eigenvalue weighted by molar-refractivity contribution is -0.139. The third-order valence-electron chi connectivity index (χ3n) is 3.22. The van der Waals surface area contributed by atoms with Gasteiger partial charge in [-0.3, -0.25) is 9.48 Å². The number of aromatic nitrogens is 3. The Morgan fingerprint density at radius 2 is 2.30 bits per heavy atom. The van der Waals surface area contributed by atoms with Gasteiger partial charge in [-0.1, -0.05) is 6.08 Å². The summed E-state index contributed by atoms with van der Waals surface area (Å²) in [6.07, 6.45) is 5.92. The molecular weight excluding hydrogens is 316 g/mol. The first-order valence-corrected chi connectivity index (χ1v) is 7.85. The fourth-order valence-electron chi connectivity index (χ4n) is 2.03. The standard InChI is InChI=1S/C15H18N4O3S/c1-4-5-6-11(15(21)22)18-13(20)12-9(2)17-14(23-12)10-7-16-19(3)8-10/h4,7-8,11H,1,5-6H2,2-3H3,(H,18,20)(H,21,22). The zero-order chi connectivity index (χ0) is 17.0. The van der Waals surface area contributed by atoms with E-state index in [0.29, 0.717) is 28.4 Å². The first-order valence-electron chi connectivity index (χ1n) is 7.03. The molecule has 2 aromatic rings. The zero-order valence-electron chi connectivity index (χ0n) is 12.9. The van der Waals surface area contributed by atoms with E-state index in [-0.39, 0.29) is 0 Å². The number of rotatable bonds is 7. The molecule has 0 aliphatic rings. The van der Waals surface area contributed by atoms with Crippen molar-refractivity contribution in [3.63, 3.8) is 0 Å². The number of aryl methyl sites for hydroxylation is 2. The van der Waals surface area contributed by atoms with Gasteiger partial charge in [-0.05, 0) is 19.8 Å². The molecule has 2 aromatic heterocycles. The normalized spacial score (nSPS) is 11.9. The van der Waals surface area contributed by atoms with Gasteiger partial charge in [0.1, 0.15) is 15.9 Å². The second-order valence-corrected chi connectivity index (χ2v) is 6.07. The van der Waals surface area contributed by atoms with Crippen LogP contribution in [0.25, 0.3) is 10.6 Å². The summed E-state index contributed by atoms with van der Waals surface area (Å²) < 4.78 is 1.65. The lowest BCUT2D eigenvalue weighted by Gasteiger charge is -2.12. The fraction of sp³-hybridized carbons (Fsp3) is 0.333. The summed E-state index contributed by atoms with van der Waals surface area (Å²) in [5.41, 5.74) is 1.39. The van der Waals surface area contributed by atoms with Gasteiger partial charge in [-0.25, -0.2) is 9.78 Å². The largest absolute Gasteiger partial charge is 0.480 e. The van der Waals surface area contributed by atoms with Crippen LogP contribution in [0, 0.1) is 6.92 Å². The Bertz CT molecular complexity index is 735. The molecule has 0 aliphatic carbocycles. The van der Waals surface area contributed by atoms with E-state index >= 15 is 0 Å². The summed E-state index contributed by atoms with van der Waals surface area (Å²) in [4.78, 5) is 28.3. The number of hydrogen-bond acceptors (Lipinski definition) is 5. The number of allylic oxidation sites excluding steroid dienone is 1. The minimum absolute atomic E-state index is 0.303. The van der Waals surface area contributed by atoms with Gasteiger partial charge in [-0.15, -0.1) is 17.9 Å². The van der Waals surface area contributed by atoms with Gasteiger partial charge in [0.25, 0.3) is 5.91 Å². The van der Waals surface area contributed by atoms with Crippen molar-refractivity contribution in [2.45, 2.75) is 25.8 Å². The maximum Gasteiger partial charge on any atom is 0.326 e. The summed E-state index contributed by atoms with van der Waals surface area (Å²) in [5, 5.41) is 16.5. The smallest absolute Gasteiger partial charge is 0.326 e. The van der Waals surface area contributed by atoms with Crippen molar-refractivity contribution in [2.24, 2.45) is 7.05 Å². The zero-order valence-corrected chi connectivity index (χ0v) is 13.8. The molecule has 7 nitrogen and oxygen atoms in total. The summed E-state index contributed by atoms with van der Waals surface area (Å²) in [6.45, 7) is 5.29. The van der Waals surface area contributed by atoms with Gasteiger partial charge in [0, 0.05) is 18.8 Å². The van der Waals surface area contributed by atoms with E-state index in [0.717, 1.165) is 5.56 Å². The van der Waals surface area contributed by atoms with Crippen LogP contribution in [0.2, 0.25) is 0 Å². The van der Waals surface area contributed by atoms with Crippen LogP contribution >= 0.6 is 11.3 Å². The molecule has 0 saturated carbocycles. The lowest BCUT2D eigenvalue weighted by Crippen LogP contribution is -2.40. The number of hydrogen-bond donors (Lipinski definition) is 2. The van der Waals surface area contributed by atoms with Crippen molar-refractivity contribution in [3.05, 3.63) is 35.6 Å². The Hall–Kier alpha value is -2.48. The molecule has 2 N–H and O–H groups in total. The van der Waals surface area contributed by atoms with Crippen LogP contribution in [0.5, 0.6) is 0 Å². The molecule has 0 fully saturated rings. The lowest BCUT2D eigenvalue weighted by atomic mass is 10.1. The molecule has 0 radical (unpaired) electrons. The molecule has 0 saturated heterocycles. The Morgan fingerprint density at radius 1 is 1.57 bits per heavy atom. The summed E-state index contributed by atoms with van der Waals surface area (Å²) in [6, 6.07) is -0.941. The molecule has 2 rings (SSSR count). The third-order valence-corrected chi connectivity index (χ3v) is 4.42. The average Bonchev–Trinajstić information content (AvgIpc) is 3.09. The number of carbonyl (C=O) groups is 2. The van der Waals surface area contributed by atoms with Crippen LogP contribution in [0.15, 0.2) is 25.0 Å². The Balaban J connectivity index is 2.17. The predicted octanol–water partition coefficient (Wildman–Crippen LogP) is 2.00. The van der Waals surface area contributed by atoms with Crippen LogP contribution in [0.1, 0.15) is 28.2 Å². The highest BCUT2D eigenvalue weighted by Gasteiger charge is 2.23. The van der Waals surface area contributed by atoms with Gasteiger partial charge < -0.3 is 10.4 Å². The van der Waals surface area contributed by atoms with Crippen LogP contribution < -0.4 is 5.32 Å². The van der Waals surface area contributed by atoms with E-state index < -0.39 is 17.9 Å². The highest BCUT2D eigenvalue weighted by atomic mass is 32.1. The van der Waals surface area contributed by atoms with Crippen molar-refractivity contribution in [1.82, 2.24) is 20.1 Å². The number of carboxylic acids is 1. The third kappa shape index (κ3) is 4.04. The molecule has 0 spiro atoms. The molecule has 2 heterocycles. The number of nitrogens with one attached hydrogen (secondary N) is 1. The summed E-state index contributed by atoms with van der Waals surface area (Å²) >= 11 is 1.22. The first kappa shape index (κ1) is 16.9. The van der Waals surface area contributed by atoms with Gasteiger partial charge in [0.2, 0.25) is 0 Å². The van der Waals surface area contributed by atoms with Crippen molar-refractivity contribution >= 4 is 23.2 Å². The van der Waals surface area contributed by atoms with Gasteiger partial charge in [-0.2, -0.15) is 5.10 Å². The first-order chi connectivity index (χ1) is 10.9. The van der Waals surface area contributed by atoms with E-state index in [2.05, 4.69) is 22.0 Å². The molecule has 8 heteroatoms. The van der Waals surface area contributed by atoms with Gasteiger partial charge in [0.15, 0.2) is 0 Å². The maximum absolute atomic E-state index is 12.3. The number of amides is 1. The second-order valence-electron chi connectivity index (χ2n) is 5.07. The van der Waals surface area contributed by atoms with Crippen molar-refractivity contribution in [3.8, 4) is 10.6 Å². The van der Waals surface area contributed by atoms with Crippen LogP contribution in [-0.2, 0) is 11.8 Å². The van der Waals surface area contributed by atoms with Crippen LogP contribution in [-0.4, -0.2) is 37.8 Å². The van der Waals surface area contributed by atoms with Crippen LogP contribution in [0.3, 0.4) is 0 Å². The van der Waals surface area contributed by atoms with Crippen molar-refractivity contribution in [2.75, 3.05) is 0 Å². The number of aliphatic carboxylic acids is 1. The monoisotopic (exact) mass is 334 g/mol. The molecule has 0 aromatic carbocycles. The number of nitrogens with zero attached hydrogens (tertiary/aromatic N) is 3. The topological polar surface area (TPSA) is 97.1 Å². The number of carbonyl (C=O) groups excluding carboxylic acids is 1. The van der Waals surface area contributed by atoms with E-state index in [1.54, 1.807) is 30.9 Å². The highest BCUT2D eigenvalue weighted by Crippen LogP contribution is 2.27. The molecule has 0 bridgehead atoms. The average molecular weight is 334 g/mol.